The van der Waals surface area contributed by atoms with Crippen molar-refractivity contribution in [3.63, 3.8) is 0 Å². The maximum atomic E-state index is 6.04. The average Bonchev–Trinajstić information content (AvgIpc) is 3.39. The highest BCUT2D eigenvalue weighted by atomic mass is 16.5. The predicted molar refractivity (Wildman–Crippen MR) is 103 cm³/mol. The highest BCUT2D eigenvalue weighted by molar-refractivity contribution is 5.81. The zero-order valence-electron chi connectivity index (χ0n) is 15.0. The molecule has 0 aliphatic rings. The second-order valence-electron chi connectivity index (χ2n) is 6.14. The van der Waals surface area contributed by atoms with Gasteiger partial charge in [-0.25, -0.2) is 19.3 Å². The minimum atomic E-state index is 0.471. The van der Waals surface area contributed by atoms with E-state index in [0.717, 1.165) is 16.8 Å². The first kappa shape index (κ1) is 16.1. The number of hydrogen-bond acceptors (Lipinski definition) is 6. The summed E-state index contributed by atoms with van der Waals surface area (Å²) >= 11 is 0. The number of para-hydroxylation sites is 1. The lowest BCUT2D eigenvalue weighted by Crippen LogP contribution is -2.00. The van der Waals surface area contributed by atoms with Crippen molar-refractivity contribution in [1.82, 2.24) is 34.5 Å². The van der Waals surface area contributed by atoms with Crippen molar-refractivity contribution in [2.45, 2.75) is 6.92 Å². The molecule has 0 radical (unpaired) electrons. The van der Waals surface area contributed by atoms with Crippen molar-refractivity contribution >= 4 is 11.0 Å². The van der Waals surface area contributed by atoms with Crippen molar-refractivity contribution < 1.29 is 4.74 Å². The maximum absolute atomic E-state index is 6.04. The Bertz CT molecular complexity index is 1230. The highest BCUT2D eigenvalue weighted by Crippen LogP contribution is 2.29. The van der Waals surface area contributed by atoms with Gasteiger partial charge in [0, 0.05) is 0 Å². The Morgan fingerprint density at radius 3 is 2.43 bits per heavy atom. The SMILES string of the molecule is Cc1nc(Oc2ccc(-n3cncn3)cc2)c2cnn(-c3ccccc3)c2n1. The smallest absolute Gasteiger partial charge is 0.233 e. The minimum Gasteiger partial charge on any atom is -0.438 e. The van der Waals surface area contributed by atoms with Crippen molar-refractivity contribution in [3.8, 4) is 23.0 Å². The molecule has 0 unspecified atom stereocenters. The monoisotopic (exact) mass is 369 g/mol. The lowest BCUT2D eigenvalue weighted by Gasteiger charge is -2.08. The van der Waals surface area contributed by atoms with E-state index in [9.17, 15) is 0 Å². The molecule has 3 heterocycles. The Hall–Kier alpha value is -4.07. The molecule has 0 spiro atoms. The van der Waals surface area contributed by atoms with Gasteiger partial charge >= 0.3 is 0 Å². The summed E-state index contributed by atoms with van der Waals surface area (Å²) in [4.78, 5) is 13.0. The zero-order chi connectivity index (χ0) is 18.9. The lowest BCUT2D eigenvalue weighted by atomic mass is 10.3. The molecule has 0 bridgehead atoms. The highest BCUT2D eigenvalue weighted by Gasteiger charge is 2.14. The maximum Gasteiger partial charge on any atom is 0.233 e. The van der Waals surface area contributed by atoms with Crippen LogP contribution in [0.5, 0.6) is 11.6 Å². The van der Waals surface area contributed by atoms with E-state index in [4.69, 9.17) is 4.74 Å². The second-order valence-corrected chi connectivity index (χ2v) is 6.14. The average molecular weight is 369 g/mol. The van der Waals surface area contributed by atoms with Gasteiger partial charge in [0.25, 0.3) is 0 Å². The van der Waals surface area contributed by atoms with Gasteiger partial charge < -0.3 is 4.74 Å². The fraction of sp³-hybridized carbons (Fsp3) is 0.0500. The summed E-state index contributed by atoms with van der Waals surface area (Å²) in [6.07, 6.45) is 4.86. The van der Waals surface area contributed by atoms with Crippen molar-refractivity contribution in [2.75, 3.05) is 0 Å². The molecular weight excluding hydrogens is 354 g/mol. The van der Waals surface area contributed by atoms with E-state index in [1.807, 2.05) is 61.5 Å². The van der Waals surface area contributed by atoms with E-state index < -0.39 is 0 Å². The fourth-order valence-electron chi connectivity index (χ4n) is 2.94. The first-order valence-corrected chi connectivity index (χ1v) is 8.69. The summed E-state index contributed by atoms with van der Waals surface area (Å²) in [6, 6.07) is 17.4. The topological polar surface area (TPSA) is 83.5 Å². The van der Waals surface area contributed by atoms with Gasteiger partial charge in [-0.3, -0.25) is 0 Å². The van der Waals surface area contributed by atoms with E-state index >= 15 is 0 Å². The molecule has 0 N–H and O–H groups in total. The van der Waals surface area contributed by atoms with Crippen molar-refractivity contribution in [1.29, 1.82) is 0 Å². The Morgan fingerprint density at radius 2 is 1.68 bits per heavy atom. The van der Waals surface area contributed by atoms with Gasteiger partial charge in [0.05, 0.1) is 17.6 Å². The van der Waals surface area contributed by atoms with Crippen LogP contribution < -0.4 is 4.74 Å². The van der Waals surface area contributed by atoms with Gasteiger partial charge in [-0.1, -0.05) is 18.2 Å². The molecule has 136 valence electrons. The van der Waals surface area contributed by atoms with Gasteiger partial charge in [0.15, 0.2) is 5.65 Å². The number of ether oxygens (including phenoxy) is 1. The van der Waals surface area contributed by atoms with Gasteiger partial charge in [0.2, 0.25) is 5.88 Å². The van der Waals surface area contributed by atoms with E-state index in [0.29, 0.717) is 23.1 Å². The molecule has 3 aromatic heterocycles. The fourth-order valence-corrected chi connectivity index (χ4v) is 2.94. The van der Waals surface area contributed by atoms with Crippen LogP contribution in [0.25, 0.3) is 22.4 Å². The normalized spacial score (nSPS) is 11.0. The van der Waals surface area contributed by atoms with Crippen LogP contribution in [0.4, 0.5) is 0 Å². The summed E-state index contributed by atoms with van der Waals surface area (Å²) in [5.74, 6) is 1.74. The molecule has 8 nitrogen and oxygen atoms in total. The third-order valence-corrected chi connectivity index (χ3v) is 4.24. The van der Waals surface area contributed by atoms with Gasteiger partial charge in [-0.05, 0) is 43.3 Å². The number of hydrogen-bond donors (Lipinski definition) is 0. The molecule has 0 saturated heterocycles. The molecule has 0 fully saturated rings. The van der Waals surface area contributed by atoms with Crippen LogP contribution in [0.2, 0.25) is 0 Å². The van der Waals surface area contributed by atoms with E-state index in [2.05, 4.69) is 25.1 Å². The third kappa shape index (κ3) is 2.86. The van der Waals surface area contributed by atoms with Crippen LogP contribution in [0.1, 0.15) is 5.82 Å². The number of aryl methyl sites for hydroxylation is 1. The van der Waals surface area contributed by atoms with Crippen LogP contribution in [-0.2, 0) is 0 Å². The first-order chi connectivity index (χ1) is 13.8. The Balaban J connectivity index is 1.52. The molecule has 28 heavy (non-hydrogen) atoms. The van der Waals surface area contributed by atoms with Crippen molar-refractivity contribution in [3.05, 3.63) is 79.3 Å². The molecule has 2 aromatic carbocycles. The summed E-state index contributed by atoms with van der Waals surface area (Å²) in [6.45, 7) is 1.84. The lowest BCUT2D eigenvalue weighted by molar-refractivity contribution is 0.466. The van der Waals surface area contributed by atoms with Gasteiger partial charge in [-0.15, -0.1) is 0 Å². The molecule has 0 amide bonds. The molecule has 0 saturated carbocycles. The Labute approximate surface area is 160 Å². The van der Waals surface area contributed by atoms with Crippen LogP contribution in [0.3, 0.4) is 0 Å². The zero-order valence-corrected chi connectivity index (χ0v) is 15.0. The number of aromatic nitrogens is 7. The Morgan fingerprint density at radius 1 is 0.857 bits per heavy atom. The standard InChI is InChI=1S/C20H15N7O/c1-14-24-19-18(11-22-27(19)16-5-3-2-4-6-16)20(25-14)28-17-9-7-15(8-10-17)26-13-21-12-23-26/h2-13H,1H3. The van der Waals surface area contributed by atoms with Gasteiger partial charge in [0.1, 0.15) is 29.6 Å². The number of rotatable bonds is 4. The van der Waals surface area contributed by atoms with E-state index in [1.54, 1.807) is 21.9 Å². The first-order valence-electron chi connectivity index (χ1n) is 8.69. The second kappa shape index (κ2) is 6.58. The molecule has 5 aromatic rings. The summed E-state index contributed by atoms with van der Waals surface area (Å²) < 4.78 is 9.51. The molecular formula is C20H15N7O. The molecule has 5 rings (SSSR count). The van der Waals surface area contributed by atoms with Crippen LogP contribution in [0, 0.1) is 6.92 Å². The third-order valence-electron chi connectivity index (χ3n) is 4.24. The van der Waals surface area contributed by atoms with E-state index in [1.165, 1.54) is 6.33 Å². The van der Waals surface area contributed by atoms with Crippen molar-refractivity contribution in [2.24, 2.45) is 0 Å². The molecule has 8 heteroatoms. The molecule has 0 aliphatic heterocycles. The largest absolute Gasteiger partial charge is 0.438 e. The van der Waals surface area contributed by atoms with Crippen LogP contribution in [0.15, 0.2) is 73.4 Å². The van der Waals surface area contributed by atoms with Gasteiger partial charge in [-0.2, -0.15) is 15.2 Å². The number of fused-ring (bicyclic) bond motifs is 1. The van der Waals surface area contributed by atoms with Crippen LogP contribution in [-0.4, -0.2) is 34.5 Å². The predicted octanol–water partition coefficient (Wildman–Crippen LogP) is 3.50. The summed E-state index contributed by atoms with van der Waals surface area (Å²) in [5, 5.41) is 9.33. The number of nitrogens with zero attached hydrogens (tertiary/aromatic N) is 7. The quantitative estimate of drug-likeness (QED) is 0.482. The number of benzene rings is 2. The summed E-state index contributed by atoms with van der Waals surface area (Å²) in [7, 11) is 0. The molecule has 0 atom stereocenters. The Kier molecular flexibility index (Phi) is 3.79. The van der Waals surface area contributed by atoms with E-state index in [-0.39, 0.29) is 0 Å². The molecule has 0 aliphatic carbocycles. The van der Waals surface area contributed by atoms with Crippen LogP contribution >= 0.6 is 0 Å². The summed E-state index contributed by atoms with van der Waals surface area (Å²) in [5.41, 5.74) is 2.53. The minimum absolute atomic E-state index is 0.471.